The lowest BCUT2D eigenvalue weighted by Gasteiger charge is -2.32. The van der Waals surface area contributed by atoms with Gasteiger partial charge in [-0.25, -0.2) is 4.39 Å². The lowest BCUT2D eigenvalue weighted by molar-refractivity contribution is -0.0227. The van der Waals surface area contributed by atoms with Crippen LogP contribution in [-0.4, -0.2) is 36.6 Å². The highest BCUT2D eigenvalue weighted by Gasteiger charge is 2.27. The van der Waals surface area contributed by atoms with E-state index in [1.54, 1.807) is 4.90 Å². The van der Waals surface area contributed by atoms with E-state index in [1.165, 1.54) is 18.2 Å². The summed E-state index contributed by atoms with van der Waals surface area (Å²) in [5, 5.41) is 0.152. The zero-order valence-electron chi connectivity index (χ0n) is 10.2. The fourth-order valence-electron chi connectivity index (χ4n) is 2.01. The van der Waals surface area contributed by atoms with Gasteiger partial charge in [-0.3, -0.25) is 4.79 Å². The standard InChI is InChI=1S/C13H15ClFNO2/c1-2-9-8-16(6-7-18-9)13(17)12-10(14)4-3-5-11(12)15/h3-5,9H,2,6-8H2,1H3/t9-/m1/s1. The number of ether oxygens (including phenoxy) is 1. The summed E-state index contributed by atoms with van der Waals surface area (Å²) in [5.41, 5.74) is -0.0454. The smallest absolute Gasteiger partial charge is 0.258 e. The molecule has 1 atom stereocenters. The maximum Gasteiger partial charge on any atom is 0.258 e. The van der Waals surface area contributed by atoms with Gasteiger partial charge >= 0.3 is 0 Å². The minimum atomic E-state index is -0.577. The van der Waals surface area contributed by atoms with Gasteiger partial charge in [0.05, 0.1) is 23.3 Å². The average molecular weight is 272 g/mol. The summed E-state index contributed by atoms with van der Waals surface area (Å²) in [4.78, 5) is 13.8. The molecule has 2 rings (SSSR count). The highest BCUT2D eigenvalue weighted by molar-refractivity contribution is 6.33. The van der Waals surface area contributed by atoms with E-state index in [4.69, 9.17) is 16.3 Å². The van der Waals surface area contributed by atoms with Crippen molar-refractivity contribution in [2.24, 2.45) is 0 Å². The highest BCUT2D eigenvalue weighted by Crippen LogP contribution is 2.22. The monoisotopic (exact) mass is 271 g/mol. The molecule has 98 valence electrons. The number of benzene rings is 1. The first-order valence-electron chi connectivity index (χ1n) is 5.98. The Bertz CT molecular complexity index is 432. The van der Waals surface area contributed by atoms with Gasteiger partial charge in [0, 0.05) is 13.1 Å². The summed E-state index contributed by atoms with van der Waals surface area (Å²) in [5.74, 6) is -0.938. The Balaban J connectivity index is 2.20. The van der Waals surface area contributed by atoms with Crippen LogP contribution >= 0.6 is 11.6 Å². The van der Waals surface area contributed by atoms with Crippen molar-refractivity contribution in [3.63, 3.8) is 0 Å². The average Bonchev–Trinajstić information content (AvgIpc) is 2.38. The molecule has 0 N–H and O–H groups in total. The third kappa shape index (κ3) is 2.65. The number of hydrogen-bond acceptors (Lipinski definition) is 2. The van der Waals surface area contributed by atoms with E-state index in [9.17, 15) is 9.18 Å². The molecular formula is C13H15ClFNO2. The first-order valence-corrected chi connectivity index (χ1v) is 6.36. The molecule has 0 saturated carbocycles. The van der Waals surface area contributed by atoms with Gasteiger partial charge < -0.3 is 9.64 Å². The zero-order valence-corrected chi connectivity index (χ0v) is 10.9. The van der Waals surface area contributed by atoms with E-state index >= 15 is 0 Å². The van der Waals surface area contributed by atoms with Crippen LogP contribution in [0.25, 0.3) is 0 Å². The van der Waals surface area contributed by atoms with Crippen LogP contribution in [0, 0.1) is 5.82 Å². The number of carbonyl (C=O) groups is 1. The third-order valence-electron chi connectivity index (χ3n) is 3.06. The maximum absolute atomic E-state index is 13.7. The fourth-order valence-corrected chi connectivity index (χ4v) is 2.25. The second-order valence-electron chi connectivity index (χ2n) is 4.25. The predicted octanol–water partition coefficient (Wildman–Crippen LogP) is 2.73. The summed E-state index contributed by atoms with van der Waals surface area (Å²) < 4.78 is 19.2. The molecule has 3 nitrogen and oxygen atoms in total. The van der Waals surface area contributed by atoms with Gasteiger partial charge in [-0.15, -0.1) is 0 Å². The molecule has 1 aromatic carbocycles. The lowest BCUT2D eigenvalue weighted by Crippen LogP contribution is -2.45. The highest BCUT2D eigenvalue weighted by atomic mass is 35.5. The molecule has 0 aliphatic carbocycles. The topological polar surface area (TPSA) is 29.5 Å². The summed E-state index contributed by atoms with van der Waals surface area (Å²) in [6.07, 6.45) is 0.850. The largest absolute Gasteiger partial charge is 0.375 e. The molecule has 0 aromatic heterocycles. The van der Waals surface area contributed by atoms with Crippen molar-refractivity contribution in [2.45, 2.75) is 19.4 Å². The van der Waals surface area contributed by atoms with Crippen LogP contribution in [0.5, 0.6) is 0 Å². The normalized spacial score (nSPS) is 19.9. The molecule has 1 amide bonds. The number of nitrogens with zero attached hydrogens (tertiary/aromatic N) is 1. The summed E-state index contributed by atoms with van der Waals surface area (Å²) in [6.45, 7) is 3.44. The molecule has 0 unspecified atom stereocenters. The first-order chi connectivity index (χ1) is 8.63. The molecule has 1 heterocycles. The molecule has 1 fully saturated rings. The molecule has 0 spiro atoms. The van der Waals surface area contributed by atoms with Crippen LogP contribution in [0.2, 0.25) is 5.02 Å². The molecule has 1 aliphatic heterocycles. The summed E-state index contributed by atoms with van der Waals surface area (Å²) in [6, 6.07) is 4.26. The maximum atomic E-state index is 13.7. The molecule has 0 bridgehead atoms. The quantitative estimate of drug-likeness (QED) is 0.828. The Kier molecular flexibility index (Phi) is 4.19. The summed E-state index contributed by atoms with van der Waals surface area (Å²) >= 11 is 5.90. The van der Waals surface area contributed by atoms with E-state index in [2.05, 4.69) is 0 Å². The van der Waals surface area contributed by atoms with E-state index in [0.717, 1.165) is 6.42 Å². The van der Waals surface area contributed by atoms with E-state index in [1.807, 2.05) is 6.92 Å². The van der Waals surface area contributed by atoms with Gasteiger partial charge in [0.25, 0.3) is 5.91 Å². The SMILES string of the molecule is CC[C@@H]1CN(C(=O)c2c(F)cccc2Cl)CCO1. The molecule has 18 heavy (non-hydrogen) atoms. The van der Waals surface area contributed by atoms with E-state index in [-0.39, 0.29) is 22.6 Å². The van der Waals surface area contributed by atoms with Crippen molar-refractivity contribution in [3.05, 3.63) is 34.6 Å². The molecular weight excluding hydrogens is 257 g/mol. The van der Waals surface area contributed by atoms with Crippen LogP contribution in [-0.2, 0) is 4.74 Å². The van der Waals surface area contributed by atoms with Crippen molar-refractivity contribution in [2.75, 3.05) is 19.7 Å². The Hall–Kier alpha value is -1.13. The molecule has 1 aliphatic rings. The number of halogens is 2. The van der Waals surface area contributed by atoms with E-state index < -0.39 is 5.82 Å². The van der Waals surface area contributed by atoms with Crippen molar-refractivity contribution < 1.29 is 13.9 Å². The number of rotatable bonds is 2. The first kappa shape index (κ1) is 13.3. The molecule has 0 radical (unpaired) electrons. The van der Waals surface area contributed by atoms with Crippen molar-refractivity contribution >= 4 is 17.5 Å². The van der Waals surface area contributed by atoms with E-state index in [0.29, 0.717) is 19.7 Å². The summed E-state index contributed by atoms with van der Waals surface area (Å²) in [7, 11) is 0. The van der Waals surface area contributed by atoms with Gasteiger partial charge in [0.1, 0.15) is 5.82 Å². The second kappa shape index (κ2) is 5.67. The van der Waals surface area contributed by atoms with Gasteiger partial charge in [-0.2, -0.15) is 0 Å². The number of carbonyl (C=O) groups excluding carboxylic acids is 1. The molecule has 1 aromatic rings. The predicted molar refractivity (Wildman–Crippen MR) is 67.3 cm³/mol. The number of amides is 1. The Morgan fingerprint density at radius 3 is 3.06 bits per heavy atom. The van der Waals surface area contributed by atoms with Crippen molar-refractivity contribution in [3.8, 4) is 0 Å². The second-order valence-corrected chi connectivity index (χ2v) is 4.66. The zero-order chi connectivity index (χ0) is 13.1. The minimum Gasteiger partial charge on any atom is -0.375 e. The van der Waals surface area contributed by atoms with Crippen LogP contribution < -0.4 is 0 Å². The Morgan fingerprint density at radius 2 is 2.39 bits per heavy atom. The van der Waals surface area contributed by atoms with Gasteiger partial charge in [0.15, 0.2) is 0 Å². The van der Waals surface area contributed by atoms with Gasteiger partial charge in [-0.05, 0) is 18.6 Å². The van der Waals surface area contributed by atoms with Crippen molar-refractivity contribution in [1.29, 1.82) is 0 Å². The third-order valence-corrected chi connectivity index (χ3v) is 3.37. The van der Waals surface area contributed by atoms with Crippen molar-refractivity contribution in [1.82, 2.24) is 4.90 Å². The van der Waals surface area contributed by atoms with Gasteiger partial charge in [-0.1, -0.05) is 24.6 Å². The molecule has 5 heteroatoms. The Morgan fingerprint density at radius 1 is 1.61 bits per heavy atom. The van der Waals surface area contributed by atoms with Gasteiger partial charge in [0.2, 0.25) is 0 Å². The Labute approximate surface area is 110 Å². The molecule has 1 saturated heterocycles. The minimum absolute atomic E-state index is 0.0215. The van der Waals surface area contributed by atoms with Crippen LogP contribution in [0.4, 0.5) is 4.39 Å². The number of morpholine rings is 1. The van der Waals surface area contributed by atoms with Crippen LogP contribution in [0.1, 0.15) is 23.7 Å². The lowest BCUT2D eigenvalue weighted by atomic mass is 10.1. The van der Waals surface area contributed by atoms with Crippen LogP contribution in [0.15, 0.2) is 18.2 Å². The number of hydrogen-bond donors (Lipinski definition) is 0. The van der Waals surface area contributed by atoms with Crippen LogP contribution in [0.3, 0.4) is 0 Å². The fraction of sp³-hybridized carbons (Fsp3) is 0.462.